The van der Waals surface area contributed by atoms with Crippen molar-refractivity contribution in [2.75, 3.05) is 10.6 Å². The van der Waals surface area contributed by atoms with E-state index < -0.39 is 10.8 Å². The van der Waals surface area contributed by atoms with Gasteiger partial charge in [-0.15, -0.1) is 10.2 Å². The zero-order valence-electron chi connectivity index (χ0n) is 20.0. The lowest BCUT2D eigenvalue weighted by atomic mass is 10.1. The van der Waals surface area contributed by atoms with Gasteiger partial charge in [0.2, 0.25) is 5.91 Å². The summed E-state index contributed by atoms with van der Waals surface area (Å²) in [6, 6.07) is 21.5. The maximum atomic E-state index is 12.9. The number of aryl methyl sites for hydroxylation is 2. The maximum Gasteiger partial charge on any atom is 0.278 e. The summed E-state index contributed by atoms with van der Waals surface area (Å²) in [5, 5.41) is 13.7. The van der Waals surface area contributed by atoms with Crippen LogP contribution < -0.4 is 16.2 Å². The van der Waals surface area contributed by atoms with Crippen molar-refractivity contribution in [3.8, 4) is 11.3 Å². The molecule has 1 atom stereocenters. The standard InChI is InChI=1S/C27H25N5O3S/c1-16-13-14-21(17(2)15-16)28-24(33)18(3)36-27-30-26(35)23(31-32-27)20-11-7-8-12-22(20)29-25(34)19-9-5-4-6-10-19/h4-15,18H,1-3H3,(H,28,33)(H,29,34)(H,30,32,35). The Hall–Kier alpha value is -4.24. The van der Waals surface area contributed by atoms with Crippen molar-refractivity contribution in [3.63, 3.8) is 0 Å². The zero-order chi connectivity index (χ0) is 25.7. The first kappa shape index (κ1) is 24.9. The maximum absolute atomic E-state index is 12.9. The first-order valence-electron chi connectivity index (χ1n) is 11.3. The molecular formula is C27H25N5O3S. The molecule has 0 aliphatic carbocycles. The van der Waals surface area contributed by atoms with Crippen molar-refractivity contribution < 1.29 is 9.59 Å². The fraction of sp³-hybridized carbons (Fsp3) is 0.148. The molecule has 0 aliphatic heterocycles. The Morgan fingerprint density at radius 3 is 2.33 bits per heavy atom. The largest absolute Gasteiger partial charge is 0.325 e. The van der Waals surface area contributed by atoms with Gasteiger partial charge in [0.1, 0.15) is 0 Å². The predicted molar refractivity (Wildman–Crippen MR) is 142 cm³/mol. The molecule has 9 heteroatoms. The lowest BCUT2D eigenvalue weighted by Crippen LogP contribution is -2.24. The topological polar surface area (TPSA) is 117 Å². The van der Waals surface area contributed by atoms with Gasteiger partial charge < -0.3 is 10.6 Å². The summed E-state index contributed by atoms with van der Waals surface area (Å²) in [4.78, 5) is 40.9. The third-order valence-electron chi connectivity index (χ3n) is 5.44. The van der Waals surface area contributed by atoms with Crippen molar-refractivity contribution in [3.05, 3.63) is 99.8 Å². The molecule has 1 unspecified atom stereocenters. The van der Waals surface area contributed by atoms with E-state index >= 15 is 0 Å². The quantitative estimate of drug-likeness (QED) is 0.314. The number of para-hydroxylation sites is 1. The van der Waals surface area contributed by atoms with E-state index in [0.717, 1.165) is 28.6 Å². The van der Waals surface area contributed by atoms with E-state index in [0.29, 0.717) is 16.8 Å². The number of carbonyl (C=O) groups is 2. The molecule has 2 amide bonds. The second kappa shape index (κ2) is 11.0. The van der Waals surface area contributed by atoms with Gasteiger partial charge in [0.05, 0.1) is 10.9 Å². The van der Waals surface area contributed by atoms with Crippen molar-refractivity contribution in [2.24, 2.45) is 0 Å². The summed E-state index contributed by atoms with van der Waals surface area (Å²) >= 11 is 1.10. The van der Waals surface area contributed by atoms with Crippen LogP contribution in [0.5, 0.6) is 0 Å². The molecule has 36 heavy (non-hydrogen) atoms. The number of aromatic amines is 1. The van der Waals surface area contributed by atoms with Gasteiger partial charge in [0, 0.05) is 16.8 Å². The Kier molecular flexibility index (Phi) is 7.60. The number of nitrogens with zero attached hydrogens (tertiary/aromatic N) is 2. The van der Waals surface area contributed by atoms with E-state index in [1.807, 2.05) is 38.1 Å². The highest BCUT2D eigenvalue weighted by atomic mass is 32.2. The van der Waals surface area contributed by atoms with E-state index in [4.69, 9.17) is 0 Å². The fourth-order valence-electron chi connectivity index (χ4n) is 3.54. The Bertz CT molecular complexity index is 1470. The van der Waals surface area contributed by atoms with Crippen molar-refractivity contribution in [1.82, 2.24) is 15.2 Å². The van der Waals surface area contributed by atoms with E-state index in [1.165, 1.54) is 0 Å². The minimum atomic E-state index is -0.529. The molecule has 3 N–H and O–H groups in total. The third kappa shape index (κ3) is 5.87. The first-order chi connectivity index (χ1) is 17.3. The Morgan fingerprint density at radius 1 is 0.889 bits per heavy atom. The summed E-state index contributed by atoms with van der Waals surface area (Å²) in [6.07, 6.45) is 0. The summed E-state index contributed by atoms with van der Waals surface area (Å²) in [7, 11) is 0. The summed E-state index contributed by atoms with van der Waals surface area (Å²) < 4.78 is 0. The van der Waals surface area contributed by atoms with Gasteiger partial charge in [0.15, 0.2) is 10.9 Å². The van der Waals surface area contributed by atoms with Gasteiger partial charge in [-0.2, -0.15) is 0 Å². The highest BCUT2D eigenvalue weighted by Crippen LogP contribution is 2.26. The molecule has 0 bridgehead atoms. The van der Waals surface area contributed by atoms with Gasteiger partial charge in [-0.1, -0.05) is 65.9 Å². The SMILES string of the molecule is Cc1ccc(NC(=O)C(C)Sc2nnc(-c3ccccc3NC(=O)c3ccccc3)c(=O)[nH]2)c(C)c1. The van der Waals surface area contributed by atoms with Crippen molar-refractivity contribution >= 4 is 35.0 Å². The van der Waals surface area contributed by atoms with Gasteiger partial charge in [-0.25, -0.2) is 0 Å². The minimum absolute atomic E-state index is 0.0655. The number of carbonyl (C=O) groups excluding carboxylic acids is 2. The van der Waals surface area contributed by atoms with Crippen LogP contribution in [-0.2, 0) is 4.79 Å². The van der Waals surface area contributed by atoms with Crippen LogP contribution in [0.3, 0.4) is 0 Å². The second-order valence-corrected chi connectivity index (χ2v) is 9.57. The minimum Gasteiger partial charge on any atom is -0.325 e. The molecule has 0 aliphatic rings. The van der Waals surface area contributed by atoms with Crippen LogP contribution in [0.1, 0.15) is 28.4 Å². The predicted octanol–water partition coefficient (Wildman–Crippen LogP) is 4.82. The number of thioether (sulfide) groups is 1. The monoisotopic (exact) mass is 499 g/mol. The van der Waals surface area contributed by atoms with Crippen LogP contribution in [0, 0.1) is 13.8 Å². The number of nitrogens with one attached hydrogen (secondary N) is 3. The molecule has 3 aromatic carbocycles. The second-order valence-electron chi connectivity index (χ2n) is 8.24. The number of hydrogen-bond donors (Lipinski definition) is 3. The van der Waals surface area contributed by atoms with Crippen LogP contribution in [0.4, 0.5) is 11.4 Å². The zero-order valence-corrected chi connectivity index (χ0v) is 20.8. The molecule has 4 aromatic rings. The molecule has 0 spiro atoms. The molecule has 1 aromatic heterocycles. The molecule has 4 rings (SSSR count). The number of anilines is 2. The number of benzene rings is 3. The van der Waals surface area contributed by atoms with Gasteiger partial charge in [0.25, 0.3) is 11.5 Å². The summed E-state index contributed by atoms with van der Waals surface area (Å²) in [5.74, 6) is -0.518. The molecular weight excluding hydrogens is 474 g/mol. The average molecular weight is 500 g/mol. The highest BCUT2D eigenvalue weighted by Gasteiger charge is 2.19. The summed E-state index contributed by atoms with van der Waals surface area (Å²) in [5.41, 5.74) is 3.78. The van der Waals surface area contributed by atoms with E-state index in [2.05, 4.69) is 25.8 Å². The molecule has 0 saturated carbocycles. The Labute approximate surface area is 212 Å². The van der Waals surface area contributed by atoms with Crippen LogP contribution >= 0.6 is 11.8 Å². The van der Waals surface area contributed by atoms with Crippen LogP contribution in [0.25, 0.3) is 11.3 Å². The van der Waals surface area contributed by atoms with Crippen molar-refractivity contribution in [1.29, 1.82) is 0 Å². The molecule has 0 saturated heterocycles. The van der Waals surface area contributed by atoms with Crippen LogP contribution in [0.15, 0.2) is 82.7 Å². The lowest BCUT2D eigenvalue weighted by molar-refractivity contribution is -0.115. The van der Waals surface area contributed by atoms with Crippen molar-refractivity contribution in [2.45, 2.75) is 31.2 Å². The van der Waals surface area contributed by atoms with Gasteiger partial charge >= 0.3 is 0 Å². The number of H-pyrrole nitrogens is 1. The molecule has 8 nitrogen and oxygen atoms in total. The first-order valence-corrected chi connectivity index (χ1v) is 12.2. The number of rotatable bonds is 7. The third-order valence-corrected chi connectivity index (χ3v) is 6.41. The molecule has 0 fully saturated rings. The normalized spacial score (nSPS) is 11.5. The highest BCUT2D eigenvalue weighted by molar-refractivity contribution is 8.00. The number of aromatic nitrogens is 3. The molecule has 1 heterocycles. The number of hydrogen-bond acceptors (Lipinski definition) is 6. The van der Waals surface area contributed by atoms with E-state index in [1.54, 1.807) is 55.5 Å². The smallest absolute Gasteiger partial charge is 0.278 e. The average Bonchev–Trinajstić information content (AvgIpc) is 2.87. The van der Waals surface area contributed by atoms with Crippen LogP contribution in [-0.4, -0.2) is 32.2 Å². The lowest BCUT2D eigenvalue weighted by Gasteiger charge is -2.13. The van der Waals surface area contributed by atoms with Gasteiger partial charge in [-0.05, 0) is 50.6 Å². The van der Waals surface area contributed by atoms with E-state index in [-0.39, 0.29) is 22.7 Å². The van der Waals surface area contributed by atoms with Gasteiger partial charge in [-0.3, -0.25) is 19.4 Å². The van der Waals surface area contributed by atoms with Crippen LogP contribution in [0.2, 0.25) is 0 Å². The molecule has 0 radical (unpaired) electrons. The number of amides is 2. The Balaban J connectivity index is 1.49. The summed E-state index contributed by atoms with van der Waals surface area (Å²) in [6.45, 7) is 5.65. The van der Waals surface area contributed by atoms with E-state index in [9.17, 15) is 14.4 Å². The molecule has 182 valence electrons. The fourth-order valence-corrected chi connectivity index (χ4v) is 4.28. The Morgan fingerprint density at radius 2 is 1.61 bits per heavy atom.